The van der Waals surface area contributed by atoms with Gasteiger partial charge in [0, 0.05) is 17.5 Å². The zero-order valence-corrected chi connectivity index (χ0v) is 8.65. The number of nitro benzene ring substituents is 1. The zero-order chi connectivity index (χ0) is 10.1. The predicted octanol–water partition coefficient (Wildman–Crippen LogP) is 3.24. The lowest BCUT2D eigenvalue weighted by molar-refractivity contribution is -0.384. The van der Waals surface area contributed by atoms with Gasteiger partial charge >= 0.3 is 0 Å². The van der Waals surface area contributed by atoms with Gasteiger partial charge in [-0.25, -0.2) is 0 Å². The molecule has 0 fully saturated rings. The summed E-state index contributed by atoms with van der Waals surface area (Å²) < 4.78 is 5.38. The summed E-state index contributed by atoms with van der Waals surface area (Å²) in [5.41, 5.74) is 0.754. The highest BCUT2D eigenvalue weighted by molar-refractivity contribution is 9.08. The van der Waals surface area contributed by atoms with Crippen molar-refractivity contribution in [2.45, 2.75) is 5.33 Å². The molecule has 0 aliphatic rings. The van der Waals surface area contributed by atoms with E-state index >= 15 is 0 Å². The number of hydrogen-bond donors (Lipinski definition) is 0. The summed E-state index contributed by atoms with van der Waals surface area (Å²) >= 11 is 3.26. The van der Waals surface area contributed by atoms with E-state index in [-0.39, 0.29) is 5.69 Å². The molecule has 2 rings (SSSR count). The molecule has 0 unspecified atom stereocenters. The summed E-state index contributed by atoms with van der Waals surface area (Å²) in [7, 11) is 0. The Morgan fingerprint density at radius 2 is 2.21 bits per heavy atom. The van der Waals surface area contributed by atoms with Gasteiger partial charge in [-0.1, -0.05) is 15.9 Å². The van der Waals surface area contributed by atoms with Crippen molar-refractivity contribution in [3.05, 3.63) is 40.1 Å². The molecule has 4 nitrogen and oxygen atoms in total. The summed E-state index contributed by atoms with van der Waals surface area (Å²) in [6.45, 7) is 0. The Hall–Kier alpha value is -1.36. The lowest BCUT2D eigenvalue weighted by Crippen LogP contribution is -1.85. The van der Waals surface area contributed by atoms with Crippen LogP contribution in [0.4, 0.5) is 5.69 Å². The monoisotopic (exact) mass is 255 g/mol. The number of fused-ring (bicyclic) bond motifs is 1. The molecular formula is C9H6BrNO3. The van der Waals surface area contributed by atoms with Gasteiger partial charge in [-0.15, -0.1) is 0 Å². The highest BCUT2D eigenvalue weighted by Crippen LogP contribution is 2.24. The normalized spacial score (nSPS) is 10.6. The molecule has 0 amide bonds. The molecule has 5 heteroatoms. The van der Waals surface area contributed by atoms with Gasteiger partial charge in [0.15, 0.2) is 0 Å². The third-order valence-electron chi connectivity index (χ3n) is 1.89. The molecule has 0 atom stereocenters. The van der Waals surface area contributed by atoms with Crippen molar-refractivity contribution in [2.75, 3.05) is 0 Å². The Morgan fingerprint density at radius 3 is 2.86 bits per heavy atom. The van der Waals surface area contributed by atoms with Gasteiger partial charge in [-0.05, 0) is 12.1 Å². The number of benzene rings is 1. The zero-order valence-electron chi connectivity index (χ0n) is 7.07. The van der Waals surface area contributed by atoms with E-state index in [1.807, 2.05) is 0 Å². The van der Waals surface area contributed by atoms with Crippen LogP contribution in [-0.2, 0) is 5.33 Å². The van der Waals surface area contributed by atoms with Crippen LogP contribution >= 0.6 is 15.9 Å². The van der Waals surface area contributed by atoms with Crippen LogP contribution in [-0.4, -0.2) is 4.92 Å². The summed E-state index contributed by atoms with van der Waals surface area (Å²) in [5, 5.41) is 11.9. The van der Waals surface area contributed by atoms with Crippen molar-refractivity contribution >= 4 is 32.6 Å². The predicted molar refractivity (Wildman–Crippen MR) is 55.5 cm³/mol. The van der Waals surface area contributed by atoms with E-state index in [1.165, 1.54) is 12.1 Å². The second-order valence-electron chi connectivity index (χ2n) is 2.83. The third kappa shape index (κ3) is 1.50. The van der Waals surface area contributed by atoms with E-state index in [9.17, 15) is 10.1 Å². The Bertz CT molecular complexity index is 492. The van der Waals surface area contributed by atoms with Crippen molar-refractivity contribution in [1.82, 2.24) is 0 Å². The second kappa shape index (κ2) is 3.42. The van der Waals surface area contributed by atoms with Crippen LogP contribution in [0, 0.1) is 10.1 Å². The smallest absolute Gasteiger partial charge is 0.270 e. The average Bonchev–Trinajstić information content (AvgIpc) is 2.58. The topological polar surface area (TPSA) is 56.3 Å². The maximum atomic E-state index is 10.5. The fraction of sp³-hybridized carbons (Fsp3) is 0.111. The largest absolute Gasteiger partial charge is 0.460 e. The molecule has 14 heavy (non-hydrogen) atoms. The van der Waals surface area contributed by atoms with Gasteiger partial charge in [-0.3, -0.25) is 10.1 Å². The lowest BCUT2D eigenvalue weighted by Gasteiger charge is -1.89. The van der Waals surface area contributed by atoms with Crippen LogP contribution in [0.1, 0.15) is 5.76 Å². The summed E-state index contributed by atoms with van der Waals surface area (Å²) in [5.74, 6) is 0.764. The van der Waals surface area contributed by atoms with Crippen LogP contribution in [0.15, 0.2) is 28.7 Å². The number of alkyl halides is 1. The molecule has 72 valence electrons. The third-order valence-corrected chi connectivity index (χ3v) is 2.45. The minimum atomic E-state index is -0.416. The van der Waals surface area contributed by atoms with Gasteiger partial charge in [0.2, 0.25) is 0 Å². The maximum Gasteiger partial charge on any atom is 0.270 e. The molecule has 0 aliphatic heterocycles. The molecule has 0 radical (unpaired) electrons. The van der Waals surface area contributed by atoms with E-state index in [2.05, 4.69) is 15.9 Å². The fourth-order valence-corrected chi connectivity index (χ4v) is 1.54. The van der Waals surface area contributed by atoms with E-state index in [0.29, 0.717) is 10.9 Å². The molecule has 0 bridgehead atoms. The van der Waals surface area contributed by atoms with Crippen molar-refractivity contribution in [2.24, 2.45) is 0 Å². The molecule has 0 saturated heterocycles. The Labute approximate surface area is 87.8 Å². The van der Waals surface area contributed by atoms with Crippen LogP contribution in [0.3, 0.4) is 0 Å². The van der Waals surface area contributed by atoms with E-state index in [1.54, 1.807) is 12.1 Å². The van der Waals surface area contributed by atoms with Crippen LogP contribution in [0.25, 0.3) is 11.0 Å². The molecular weight excluding hydrogens is 250 g/mol. The summed E-state index contributed by atoms with van der Waals surface area (Å²) in [6, 6.07) is 6.34. The standard InChI is InChI=1S/C9H6BrNO3/c10-5-8-4-6-3-7(11(12)13)1-2-9(6)14-8/h1-4H,5H2. The molecule has 0 aliphatic carbocycles. The van der Waals surface area contributed by atoms with E-state index < -0.39 is 4.92 Å². The number of halogens is 1. The average molecular weight is 256 g/mol. The minimum absolute atomic E-state index is 0.0828. The van der Waals surface area contributed by atoms with Gasteiger partial charge < -0.3 is 4.42 Å². The fourth-order valence-electron chi connectivity index (χ4n) is 1.27. The SMILES string of the molecule is O=[N+]([O-])c1ccc2oc(CBr)cc2c1. The van der Waals surface area contributed by atoms with Gasteiger partial charge in [-0.2, -0.15) is 0 Å². The highest BCUT2D eigenvalue weighted by atomic mass is 79.9. The number of rotatable bonds is 2. The number of non-ortho nitro benzene ring substituents is 1. The molecule has 1 heterocycles. The first-order valence-corrected chi connectivity index (χ1v) is 5.05. The quantitative estimate of drug-likeness (QED) is 0.470. The maximum absolute atomic E-state index is 10.5. The molecule has 0 spiro atoms. The first-order valence-electron chi connectivity index (χ1n) is 3.93. The van der Waals surface area contributed by atoms with E-state index in [0.717, 1.165) is 11.1 Å². The lowest BCUT2D eigenvalue weighted by atomic mass is 10.2. The first kappa shape index (κ1) is 9.21. The van der Waals surface area contributed by atoms with Crippen LogP contribution in [0.5, 0.6) is 0 Å². The molecule has 0 N–H and O–H groups in total. The summed E-state index contributed by atoms with van der Waals surface area (Å²) in [4.78, 5) is 10.1. The Kier molecular flexibility index (Phi) is 2.25. The molecule has 1 aromatic carbocycles. The summed E-state index contributed by atoms with van der Waals surface area (Å²) in [6.07, 6.45) is 0. The molecule has 0 saturated carbocycles. The number of furan rings is 1. The van der Waals surface area contributed by atoms with Gasteiger partial charge in [0.25, 0.3) is 5.69 Å². The van der Waals surface area contributed by atoms with E-state index in [4.69, 9.17) is 4.42 Å². The molecule has 2 aromatic rings. The van der Waals surface area contributed by atoms with Crippen LogP contribution < -0.4 is 0 Å². The van der Waals surface area contributed by atoms with Crippen LogP contribution in [0.2, 0.25) is 0 Å². The number of nitro groups is 1. The van der Waals surface area contributed by atoms with Crippen molar-refractivity contribution in [1.29, 1.82) is 0 Å². The van der Waals surface area contributed by atoms with Crippen molar-refractivity contribution in [3.63, 3.8) is 0 Å². The second-order valence-corrected chi connectivity index (χ2v) is 3.39. The highest BCUT2D eigenvalue weighted by Gasteiger charge is 2.09. The number of nitrogens with zero attached hydrogens (tertiary/aromatic N) is 1. The Balaban J connectivity index is 2.59. The van der Waals surface area contributed by atoms with Gasteiger partial charge in [0.05, 0.1) is 10.3 Å². The van der Waals surface area contributed by atoms with Gasteiger partial charge in [0.1, 0.15) is 11.3 Å². The van der Waals surface area contributed by atoms with Crippen molar-refractivity contribution < 1.29 is 9.34 Å². The molecule has 1 aromatic heterocycles. The first-order chi connectivity index (χ1) is 6.70. The Morgan fingerprint density at radius 1 is 1.43 bits per heavy atom. The number of hydrogen-bond acceptors (Lipinski definition) is 3. The minimum Gasteiger partial charge on any atom is -0.460 e. The van der Waals surface area contributed by atoms with Crippen molar-refractivity contribution in [3.8, 4) is 0 Å².